The van der Waals surface area contributed by atoms with E-state index < -0.39 is 23.6 Å². The number of carbonyl (C=O) groups excluding carboxylic acids is 1. The zero-order chi connectivity index (χ0) is 30.6. The normalized spacial score (nSPS) is 15.9. The highest BCUT2D eigenvalue weighted by molar-refractivity contribution is 5.94. The summed E-state index contributed by atoms with van der Waals surface area (Å²) in [5.41, 5.74) is 1.02. The van der Waals surface area contributed by atoms with Crippen molar-refractivity contribution in [2.45, 2.75) is 39.9 Å². The highest BCUT2D eigenvalue weighted by atomic mass is 19.4. The first-order valence-electron chi connectivity index (χ1n) is 13.0. The number of nitrogens with zero attached hydrogens (tertiary/aromatic N) is 4. The molecule has 7 nitrogen and oxygen atoms in total. The van der Waals surface area contributed by atoms with Gasteiger partial charge in [-0.1, -0.05) is 30.4 Å². The van der Waals surface area contributed by atoms with Gasteiger partial charge in [-0.3, -0.25) is 19.1 Å². The number of amides is 1. The van der Waals surface area contributed by atoms with E-state index in [0.717, 1.165) is 17.7 Å². The molecule has 1 fully saturated rings. The molecule has 1 aromatic carbocycles. The standard InChI is InChI=1S/C30H35F4N5O2/c1-8-22(20(4)36-26-10-9-24(31)13-25(26)30(32,33)34)12-18(2)11-19(3)29(41)37(6)21(5)23-16-39(17-23)27-14-35-15-28(40)38(27)7/h8-15,20,23,36H,5,16-17H2,1-4,6-7H3/b18-12-,19-11+,22-8-. The van der Waals surface area contributed by atoms with Crippen molar-refractivity contribution in [1.82, 2.24) is 14.5 Å². The maximum absolute atomic E-state index is 13.5. The van der Waals surface area contributed by atoms with Gasteiger partial charge in [0.05, 0.1) is 18.0 Å². The van der Waals surface area contributed by atoms with E-state index in [4.69, 9.17) is 0 Å². The topological polar surface area (TPSA) is 70.5 Å². The van der Waals surface area contributed by atoms with E-state index in [2.05, 4.69) is 16.9 Å². The average Bonchev–Trinajstić information content (AvgIpc) is 2.88. The molecule has 1 unspecified atom stereocenters. The number of likely N-dealkylation sites (N-methyl/N-ethyl adjacent to an activating group) is 1. The van der Waals surface area contributed by atoms with Crippen LogP contribution in [0.4, 0.5) is 29.1 Å². The zero-order valence-corrected chi connectivity index (χ0v) is 24.0. The summed E-state index contributed by atoms with van der Waals surface area (Å²) in [4.78, 5) is 32.5. The third-order valence-electron chi connectivity index (χ3n) is 7.13. The minimum atomic E-state index is -4.71. The first kappa shape index (κ1) is 31.4. The third-order valence-corrected chi connectivity index (χ3v) is 7.13. The van der Waals surface area contributed by atoms with Crippen LogP contribution in [0.25, 0.3) is 0 Å². The number of anilines is 2. The molecular formula is C30H35F4N5O2. The molecule has 0 radical (unpaired) electrons. The van der Waals surface area contributed by atoms with Crippen LogP contribution in [0.1, 0.15) is 33.3 Å². The minimum absolute atomic E-state index is 0.0262. The second-order valence-corrected chi connectivity index (χ2v) is 10.2. The predicted octanol–water partition coefficient (Wildman–Crippen LogP) is 5.69. The van der Waals surface area contributed by atoms with Gasteiger partial charge in [-0.25, -0.2) is 4.39 Å². The van der Waals surface area contributed by atoms with Crippen molar-refractivity contribution < 1.29 is 22.4 Å². The lowest BCUT2D eigenvalue weighted by atomic mass is 9.95. The molecule has 0 saturated carbocycles. The lowest BCUT2D eigenvalue weighted by Crippen LogP contribution is -2.51. The van der Waals surface area contributed by atoms with Gasteiger partial charge in [0.2, 0.25) is 0 Å². The van der Waals surface area contributed by atoms with Crippen molar-refractivity contribution in [3.05, 3.63) is 99.6 Å². The van der Waals surface area contributed by atoms with Crippen LogP contribution < -0.4 is 15.8 Å². The average molecular weight is 574 g/mol. The second-order valence-electron chi connectivity index (χ2n) is 10.2. The molecule has 0 bridgehead atoms. The molecule has 3 rings (SSSR count). The van der Waals surface area contributed by atoms with Gasteiger partial charge in [0, 0.05) is 56.1 Å². The number of halogens is 4. The summed E-state index contributed by atoms with van der Waals surface area (Å²) < 4.78 is 55.3. The molecule has 41 heavy (non-hydrogen) atoms. The van der Waals surface area contributed by atoms with Crippen molar-refractivity contribution >= 4 is 17.4 Å². The Labute approximate surface area is 237 Å². The molecule has 1 amide bonds. The Morgan fingerprint density at radius 2 is 1.88 bits per heavy atom. The summed E-state index contributed by atoms with van der Waals surface area (Å²) in [6, 6.07) is 1.98. The largest absolute Gasteiger partial charge is 0.418 e. The number of hydrogen-bond donors (Lipinski definition) is 1. The van der Waals surface area contributed by atoms with Gasteiger partial charge in [0.15, 0.2) is 0 Å². The highest BCUT2D eigenvalue weighted by Gasteiger charge is 2.35. The molecule has 1 aromatic heterocycles. The van der Waals surface area contributed by atoms with Crippen molar-refractivity contribution in [1.29, 1.82) is 0 Å². The predicted molar refractivity (Wildman–Crippen MR) is 153 cm³/mol. The molecular weight excluding hydrogens is 538 g/mol. The molecule has 11 heteroatoms. The Bertz CT molecular complexity index is 1470. The number of aromatic nitrogens is 2. The van der Waals surface area contributed by atoms with Gasteiger partial charge in [-0.2, -0.15) is 13.2 Å². The van der Waals surface area contributed by atoms with Gasteiger partial charge in [-0.05, 0) is 51.5 Å². The van der Waals surface area contributed by atoms with Crippen LogP contribution in [0.5, 0.6) is 0 Å². The summed E-state index contributed by atoms with van der Waals surface area (Å²) in [6.07, 6.45) is 3.42. The molecule has 1 saturated heterocycles. The first-order chi connectivity index (χ1) is 19.1. The van der Waals surface area contributed by atoms with E-state index in [9.17, 15) is 27.2 Å². The van der Waals surface area contributed by atoms with Gasteiger partial charge < -0.3 is 15.1 Å². The lowest BCUT2D eigenvalue weighted by Gasteiger charge is -2.43. The number of benzene rings is 1. The molecule has 1 aliphatic heterocycles. The highest BCUT2D eigenvalue weighted by Crippen LogP contribution is 2.36. The van der Waals surface area contributed by atoms with E-state index >= 15 is 0 Å². The number of rotatable bonds is 9. The fraction of sp³-hybridized carbons (Fsp3) is 0.367. The van der Waals surface area contributed by atoms with Crippen LogP contribution >= 0.6 is 0 Å². The number of allylic oxidation sites excluding steroid dienone is 3. The monoisotopic (exact) mass is 573 g/mol. The second kappa shape index (κ2) is 12.6. The van der Waals surface area contributed by atoms with Crippen LogP contribution in [-0.2, 0) is 18.0 Å². The zero-order valence-electron chi connectivity index (χ0n) is 24.0. The van der Waals surface area contributed by atoms with Crippen molar-refractivity contribution in [2.24, 2.45) is 13.0 Å². The Hall–Kier alpha value is -4.15. The number of alkyl halides is 3. The molecule has 2 aromatic rings. The maximum atomic E-state index is 13.5. The van der Waals surface area contributed by atoms with Gasteiger partial charge in [0.1, 0.15) is 11.6 Å². The Balaban J connectivity index is 1.66. The van der Waals surface area contributed by atoms with Crippen LogP contribution in [-0.4, -0.2) is 46.5 Å². The molecule has 220 valence electrons. The smallest absolute Gasteiger partial charge is 0.378 e. The first-order valence-corrected chi connectivity index (χ1v) is 13.0. The van der Waals surface area contributed by atoms with E-state index in [1.54, 1.807) is 66.2 Å². The van der Waals surface area contributed by atoms with Crippen LogP contribution in [0.15, 0.2) is 82.6 Å². The number of nitrogens with one attached hydrogen (secondary N) is 1. The van der Waals surface area contributed by atoms with Gasteiger partial charge >= 0.3 is 6.18 Å². The van der Waals surface area contributed by atoms with E-state index in [1.165, 1.54) is 15.7 Å². The fourth-order valence-electron chi connectivity index (χ4n) is 4.65. The maximum Gasteiger partial charge on any atom is 0.418 e. The summed E-state index contributed by atoms with van der Waals surface area (Å²) in [6.45, 7) is 12.2. The third kappa shape index (κ3) is 7.33. The fourth-order valence-corrected chi connectivity index (χ4v) is 4.65. The summed E-state index contributed by atoms with van der Waals surface area (Å²) in [5.74, 6) is -0.474. The van der Waals surface area contributed by atoms with E-state index in [1.807, 2.05) is 4.90 Å². The number of hydrogen-bond acceptors (Lipinski definition) is 5. The summed E-state index contributed by atoms with van der Waals surface area (Å²) in [7, 11) is 3.34. The van der Waals surface area contributed by atoms with Crippen LogP contribution in [0, 0.1) is 11.7 Å². The van der Waals surface area contributed by atoms with E-state index in [-0.39, 0.29) is 23.1 Å². The van der Waals surface area contributed by atoms with Crippen LogP contribution in [0.2, 0.25) is 0 Å². The lowest BCUT2D eigenvalue weighted by molar-refractivity contribution is -0.137. The Morgan fingerprint density at radius 1 is 1.22 bits per heavy atom. The molecule has 1 N–H and O–H groups in total. The molecule has 0 aliphatic carbocycles. The minimum Gasteiger partial charge on any atom is -0.378 e. The molecule has 2 heterocycles. The quantitative estimate of drug-likeness (QED) is 0.237. The Morgan fingerprint density at radius 3 is 2.49 bits per heavy atom. The van der Waals surface area contributed by atoms with Crippen molar-refractivity contribution in [3.63, 3.8) is 0 Å². The van der Waals surface area contributed by atoms with Gasteiger partial charge in [-0.15, -0.1) is 0 Å². The van der Waals surface area contributed by atoms with Crippen molar-refractivity contribution in [3.8, 4) is 0 Å². The van der Waals surface area contributed by atoms with Crippen LogP contribution in [0.3, 0.4) is 0 Å². The van der Waals surface area contributed by atoms with Gasteiger partial charge in [0.25, 0.3) is 11.5 Å². The SMILES string of the molecule is C=C(C1CN(c2cncc(=O)n2C)C1)N(C)C(=O)/C(C)=C/C(C)=C\C(=C\C)C(C)Nc1ccc(F)cc1C(F)(F)F. The molecule has 1 atom stereocenters. The number of carbonyl (C=O) groups is 1. The molecule has 0 spiro atoms. The molecule has 1 aliphatic rings. The summed E-state index contributed by atoms with van der Waals surface area (Å²) >= 11 is 0. The Kier molecular flexibility index (Phi) is 9.62. The summed E-state index contributed by atoms with van der Waals surface area (Å²) in [5, 5.41) is 2.82. The van der Waals surface area contributed by atoms with Crippen molar-refractivity contribution in [2.75, 3.05) is 30.4 Å². The van der Waals surface area contributed by atoms with E-state index in [0.29, 0.717) is 41.8 Å².